The molecule has 19 heavy (non-hydrogen) atoms. The van der Waals surface area contributed by atoms with E-state index >= 15 is 0 Å². The van der Waals surface area contributed by atoms with Gasteiger partial charge in [0.05, 0.1) is 5.75 Å². The van der Waals surface area contributed by atoms with E-state index in [9.17, 15) is 8.42 Å². The molecule has 6 heteroatoms. The number of hydrogen-bond acceptors (Lipinski definition) is 4. The third kappa shape index (κ3) is 6.79. The molecule has 0 saturated heterocycles. The summed E-state index contributed by atoms with van der Waals surface area (Å²) in [4.78, 5) is 1.17. The summed E-state index contributed by atoms with van der Waals surface area (Å²) < 4.78 is 23.8. The van der Waals surface area contributed by atoms with Crippen molar-refractivity contribution in [2.75, 3.05) is 17.3 Å². The van der Waals surface area contributed by atoms with Gasteiger partial charge in [0.1, 0.15) is 9.84 Å². The van der Waals surface area contributed by atoms with Gasteiger partial charge in [-0.15, -0.1) is 11.8 Å². The summed E-state index contributed by atoms with van der Waals surface area (Å²) in [5, 5.41) is 0. The van der Waals surface area contributed by atoms with Crippen molar-refractivity contribution in [3.05, 3.63) is 28.7 Å². The van der Waals surface area contributed by atoms with Crippen LogP contribution in [-0.2, 0) is 9.84 Å². The van der Waals surface area contributed by atoms with Gasteiger partial charge >= 0.3 is 0 Å². The van der Waals surface area contributed by atoms with Gasteiger partial charge in [0.25, 0.3) is 0 Å². The Morgan fingerprint density at radius 3 is 2.68 bits per heavy atom. The first-order valence-electron chi connectivity index (χ1n) is 6.28. The number of hydrogen-bond donors (Lipinski definition) is 1. The highest BCUT2D eigenvalue weighted by Gasteiger charge is 2.10. The SMILES string of the molecule is CCS(=O)(=O)CCCC(N)CSc1ccccc1Br. The third-order valence-corrected chi connectivity index (χ3v) is 6.77. The predicted molar refractivity (Wildman–Crippen MR) is 86.4 cm³/mol. The topological polar surface area (TPSA) is 60.2 Å². The Kier molecular flexibility index (Phi) is 7.42. The van der Waals surface area contributed by atoms with Crippen molar-refractivity contribution < 1.29 is 8.42 Å². The second-order valence-corrected chi connectivity index (χ2v) is 8.77. The van der Waals surface area contributed by atoms with E-state index in [1.54, 1.807) is 18.7 Å². The normalized spacial score (nSPS) is 13.4. The van der Waals surface area contributed by atoms with E-state index in [0.29, 0.717) is 6.42 Å². The summed E-state index contributed by atoms with van der Waals surface area (Å²) in [6.07, 6.45) is 1.39. The van der Waals surface area contributed by atoms with Crippen molar-refractivity contribution >= 4 is 37.5 Å². The number of benzene rings is 1. The lowest BCUT2D eigenvalue weighted by Crippen LogP contribution is -2.24. The maximum atomic E-state index is 11.4. The summed E-state index contributed by atoms with van der Waals surface area (Å²) in [5.74, 6) is 1.26. The Bertz CT molecular complexity index is 491. The van der Waals surface area contributed by atoms with E-state index < -0.39 is 9.84 Å². The van der Waals surface area contributed by atoms with E-state index in [4.69, 9.17) is 5.73 Å². The van der Waals surface area contributed by atoms with Crippen LogP contribution in [0.5, 0.6) is 0 Å². The highest BCUT2D eigenvalue weighted by Crippen LogP contribution is 2.27. The van der Waals surface area contributed by atoms with Crippen LogP contribution in [0.4, 0.5) is 0 Å². The molecule has 0 fully saturated rings. The molecule has 108 valence electrons. The van der Waals surface area contributed by atoms with Crippen LogP contribution in [0.15, 0.2) is 33.6 Å². The van der Waals surface area contributed by atoms with Crippen molar-refractivity contribution in [2.24, 2.45) is 5.73 Å². The Labute approximate surface area is 128 Å². The zero-order valence-corrected chi connectivity index (χ0v) is 14.2. The zero-order chi connectivity index (χ0) is 14.3. The van der Waals surface area contributed by atoms with Crippen molar-refractivity contribution in [2.45, 2.75) is 30.7 Å². The molecule has 3 nitrogen and oxygen atoms in total. The summed E-state index contributed by atoms with van der Waals surface area (Å²) in [6, 6.07) is 8.05. The molecule has 0 aliphatic rings. The molecule has 0 radical (unpaired) electrons. The molecule has 0 aromatic heterocycles. The molecule has 1 unspecified atom stereocenters. The van der Waals surface area contributed by atoms with Crippen LogP contribution in [0.2, 0.25) is 0 Å². The van der Waals surface area contributed by atoms with E-state index in [-0.39, 0.29) is 17.5 Å². The Hall–Kier alpha value is -0.0400. The standard InChI is InChI=1S/C13H20BrNO2S2/c1-2-19(16,17)9-5-6-11(15)10-18-13-8-4-3-7-12(13)14/h3-4,7-8,11H,2,5-6,9-10,15H2,1H3. The highest BCUT2D eigenvalue weighted by molar-refractivity contribution is 9.10. The van der Waals surface area contributed by atoms with Gasteiger partial charge < -0.3 is 5.73 Å². The Balaban J connectivity index is 2.29. The van der Waals surface area contributed by atoms with Crippen LogP contribution in [0.3, 0.4) is 0 Å². The third-order valence-electron chi connectivity index (χ3n) is 2.76. The maximum Gasteiger partial charge on any atom is 0.150 e. The van der Waals surface area contributed by atoms with Gasteiger partial charge in [0.15, 0.2) is 0 Å². The number of nitrogens with two attached hydrogens (primary N) is 1. The molecule has 1 atom stereocenters. The van der Waals surface area contributed by atoms with E-state index in [0.717, 1.165) is 16.6 Å². The molecule has 0 spiro atoms. The van der Waals surface area contributed by atoms with Gasteiger partial charge in [0, 0.05) is 26.9 Å². The molecule has 0 saturated carbocycles. The summed E-state index contributed by atoms with van der Waals surface area (Å²) >= 11 is 5.19. The van der Waals surface area contributed by atoms with Gasteiger partial charge in [0.2, 0.25) is 0 Å². The molecular formula is C13H20BrNO2S2. The highest BCUT2D eigenvalue weighted by atomic mass is 79.9. The molecule has 0 bridgehead atoms. The minimum absolute atomic E-state index is 0.0316. The van der Waals surface area contributed by atoms with Crippen LogP contribution >= 0.6 is 27.7 Å². The van der Waals surface area contributed by atoms with Gasteiger partial charge in [-0.25, -0.2) is 8.42 Å². The molecule has 1 aromatic rings. The average molecular weight is 366 g/mol. The van der Waals surface area contributed by atoms with Crippen LogP contribution in [0.25, 0.3) is 0 Å². The quantitative estimate of drug-likeness (QED) is 0.719. The van der Waals surface area contributed by atoms with Gasteiger partial charge in [-0.1, -0.05) is 19.1 Å². The molecule has 1 aromatic carbocycles. The van der Waals surface area contributed by atoms with Crippen LogP contribution in [0.1, 0.15) is 19.8 Å². The van der Waals surface area contributed by atoms with E-state index in [1.807, 2.05) is 24.3 Å². The van der Waals surface area contributed by atoms with Crippen molar-refractivity contribution in [3.8, 4) is 0 Å². The fraction of sp³-hybridized carbons (Fsp3) is 0.538. The monoisotopic (exact) mass is 365 g/mol. The van der Waals surface area contributed by atoms with Gasteiger partial charge in [-0.05, 0) is 40.9 Å². The average Bonchev–Trinajstić information content (AvgIpc) is 2.37. The first kappa shape index (κ1) is 17.0. The first-order chi connectivity index (χ1) is 8.94. The number of halogens is 1. The minimum Gasteiger partial charge on any atom is -0.327 e. The summed E-state index contributed by atoms with van der Waals surface area (Å²) in [5.41, 5.74) is 6.01. The number of sulfone groups is 1. The fourth-order valence-electron chi connectivity index (χ4n) is 1.55. The Morgan fingerprint density at radius 2 is 2.05 bits per heavy atom. The second kappa shape index (κ2) is 8.29. The lowest BCUT2D eigenvalue weighted by Gasteiger charge is -2.11. The molecule has 0 amide bonds. The molecule has 0 aliphatic heterocycles. The Morgan fingerprint density at radius 1 is 1.37 bits per heavy atom. The van der Waals surface area contributed by atoms with Gasteiger partial charge in [-0.3, -0.25) is 0 Å². The van der Waals surface area contributed by atoms with Crippen molar-refractivity contribution in [1.82, 2.24) is 0 Å². The van der Waals surface area contributed by atoms with Crippen LogP contribution in [0, 0.1) is 0 Å². The van der Waals surface area contributed by atoms with Crippen LogP contribution < -0.4 is 5.73 Å². The smallest absolute Gasteiger partial charge is 0.150 e. The van der Waals surface area contributed by atoms with Gasteiger partial charge in [-0.2, -0.15) is 0 Å². The van der Waals surface area contributed by atoms with Crippen molar-refractivity contribution in [1.29, 1.82) is 0 Å². The summed E-state index contributed by atoms with van der Waals surface area (Å²) in [6.45, 7) is 1.68. The van der Waals surface area contributed by atoms with E-state index in [2.05, 4.69) is 15.9 Å². The predicted octanol–water partition coefficient (Wildman–Crippen LogP) is 3.08. The summed E-state index contributed by atoms with van der Waals surface area (Å²) in [7, 11) is -2.86. The second-order valence-electron chi connectivity index (χ2n) is 4.38. The maximum absolute atomic E-state index is 11.4. The fourth-order valence-corrected chi connectivity index (χ4v) is 4.02. The zero-order valence-electron chi connectivity index (χ0n) is 11.0. The molecule has 2 N–H and O–H groups in total. The lowest BCUT2D eigenvalue weighted by molar-refractivity contribution is 0.587. The largest absolute Gasteiger partial charge is 0.327 e. The first-order valence-corrected chi connectivity index (χ1v) is 9.88. The molecule has 0 heterocycles. The molecule has 0 aliphatic carbocycles. The molecule has 1 rings (SSSR count). The molecular weight excluding hydrogens is 346 g/mol. The van der Waals surface area contributed by atoms with E-state index in [1.165, 1.54) is 4.90 Å². The number of rotatable bonds is 8. The van der Waals surface area contributed by atoms with Crippen molar-refractivity contribution in [3.63, 3.8) is 0 Å². The number of thioether (sulfide) groups is 1. The van der Waals surface area contributed by atoms with Crippen LogP contribution in [-0.4, -0.2) is 31.7 Å². The lowest BCUT2D eigenvalue weighted by atomic mass is 10.2. The minimum atomic E-state index is -2.86.